The van der Waals surface area contributed by atoms with Gasteiger partial charge in [-0.25, -0.2) is 15.0 Å². The molecule has 0 radical (unpaired) electrons. The number of rotatable bonds is 4. The third kappa shape index (κ3) is 4.25. The highest BCUT2D eigenvalue weighted by Gasteiger charge is 2.21. The van der Waals surface area contributed by atoms with Gasteiger partial charge in [0.05, 0.1) is 0 Å². The average molecular weight is 632 g/mol. The van der Waals surface area contributed by atoms with Crippen LogP contribution in [0.2, 0.25) is 0 Å². The van der Waals surface area contributed by atoms with E-state index in [0.717, 1.165) is 55.1 Å². The van der Waals surface area contributed by atoms with Gasteiger partial charge in [-0.2, -0.15) is 0 Å². The summed E-state index contributed by atoms with van der Waals surface area (Å²) in [6, 6.07) is 52.5. The van der Waals surface area contributed by atoms with Gasteiger partial charge in [-0.3, -0.25) is 0 Å². The number of nitrogens with zero attached hydrogens (tertiary/aromatic N) is 3. The zero-order chi connectivity index (χ0) is 31.6. The van der Waals surface area contributed by atoms with E-state index in [2.05, 4.69) is 109 Å². The Hall–Kier alpha value is -6.17. The van der Waals surface area contributed by atoms with Crippen LogP contribution in [0.4, 0.5) is 0 Å². The molecule has 0 bridgehead atoms. The minimum atomic E-state index is 0.607. The Kier molecular flexibility index (Phi) is 6.01. The molecule has 10 rings (SSSR count). The lowest BCUT2D eigenvalue weighted by atomic mass is 9.98. The maximum absolute atomic E-state index is 6.47. The maximum atomic E-state index is 6.47. The van der Waals surface area contributed by atoms with Gasteiger partial charge < -0.3 is 4.42 Å². The second-order valence-electron chi connectivity index (χ2n) is 12.0. The van der Waals surface area contributed by atoms with Crippen LogP contribution in [0, 0.1) is 0 Å². The molecule has 0 atom stereocenters. The summed E-state index contributed by atoms with van der Waals surface area (Å²) in [5.74, 6) is 1.88. The topological polar surface area (TPSA) is 51.8 Å². The van der Waals surface area contributed by atoms with E-state index in [1.165, 1.54) is 25.6 Å². The molecule has 7 aromatic carbocycles. The first kappa shape index (κ1) is 27.0. The summed E-state index contributed by atoms with van der Waals surface area (Å²) < 4.78 is 8.95. The highest BCUT2D eigenvalue weighted by molar-refractivity contribution is 7.26. The van der Waals surface area contributed by atoms with Crippen LogP contribution in [-0.2, 0) is 0 Å². The van der Waals surface area contributed by atoms with Crippen molar-refractivity contribution in [3.8, 4) is 45.3 Å². The molecular weight excluding hydrogens is 607 g/mol. The van der Waals surface area contributed by atoms with Gasteiger partial charge in [0.15, 0.2) is 17.5 Å². The molecule has 48 heavy (non-hydrogen) atoms. The molecule has 0 spiro atoms. The van der Waals surface area contributed by atoms with Gasteiger partial charge in [-0.05, 0) is 46.2 Å². The van der Waals surface area contributed by atoms with Gasteiger partial charge in [0.1, 0.15) is 11.2 Å². The van der Waals surface area contributed by atoms with E-state index >= 15 is 0 Å². The van der Waals surface area contributed by atoms with E-state index in [1.54, 1.807) is 0 Å². The molecule has 0 fully saturated rings. The van der Waals surface area contributed by atoms with E-state index in [0.29, 0.717) is 17.5 Å². The molecule has 224 valence electrons. The summed E-state index contributed by atoms with van der Waals surface area (Å²) in [6.45, 7) is 0. The van der Waals surface area contributed by atoms with Crippen LogP contribution in [0.15, 0.2) is 156 Å². The molecular formula is C43H25N3OS. The number of aromatic nitrogens is 3. The Morgan fingerprint density at radius 3 is 1.94 bits per heavy atom. The first-order valence-electron chi connectivity index (χ1n) is 15.9. The van der Waals surface area contributed by atoms with Crippen LogP contribution in [-0.4, -0.2) is 15.0 Å². The van der Waals surface area contributed by atoms with Crippen LogP contribution in [0.1, 0.15) is 0 Å². The summed E-state index contributed by atoms with van der Waals surface area (Å²) >= 11 is 1.82. The van der Waals surface area contributed by atoms with E-state index in [4.69, 9.17) is 19.4 Å². The SMILES string of the molecule is c1ccc(-c2cc(-c3nc(-c4ccccc4)nc(-c4cccc5sc6c7ccccc7ccc6c45)n3)c3c(c2)oc2ccccc23)cc1. The Balaban J connectivity index is 1.29. The summed E-state index contributed by atoms with van der Waals surface area (Å²) in [4.78, 5) is 15.7. The lowest BCUT2D eigenvalue weighted by Crippen LogP contribution is -2.01. The number of hydrogen-bond donors (Lipinski definition) is 0. The fourth-order valence-electron chi connectivity index (χ4n) is 6.90. The lowest BCUT2D eigenvalue weighted by molar-refractivity contribution is 0.669. The van der Waals surface area contributed by atoms with E-state index in [-0.39, 0.29) is 0 Å². The second kappa shape index (κ2) is 10.7. The van der Waals surface area contributed by atoms with Crippen molar-refractivity contribution in [2.75, 3.05) is 0 Å². The zero-order valence-corrected chi connectivity index (χ0v) is 26.4. The minimum absolute atomic E-state index is 0.607. The molecule has 0 saturated heterocycles. The van der Waals surface area contributed by atoms with Crippen LogP contribution >= 0.6 is 11.3 Å². The van der Waals surface area contributed by atoms with E-state index in [9.17, 15) is 0 Å². The van der Waals surface area contributed by atoms with E-state index in [1.807, 2.05) is 53.8 Å². The molecule has 5 heteroatoms. The van der Waals surface area contributed by atoms with Crippen molar-refractivity contribution < 1.29 is 4.42 Å². The van der Waals surface area contributed by atoms with Gasteiger partial charge >= 0.3 is 0 Å². The quantitative estimate of drug-likeness (QED) is 0.194. The van der Waals surface area contributed by atoms with Crippen molar-refractivity contribution in [2.24, 2.45) is 0 Å². The summed E-state index contributed by atoms with van der Waals surface area (Å²) in [7, 11) is 0. The Morgan fingerprint density at radius 1 is 0.417 bits per heavy atom. The van der Waals surface area contributed by atoms with Crippen molar-refractivity contribution in [1.29, 1.82) is 0 Å². The first-order valence-corrected chi connectivity index (χ1v) is 16.8. The summed E-state index contributed by atoms with van der Waals surface area (Å²) in [6.07, 6.45) is 0. The number of hydrogen-bond acceptors (Lipinski definition) is 5. The second-order valence-corrected chi connectivity index (χ2v) is 13.0. The van der Waals surface area contributed by atoms with Gasteiger partial charge in [0, 0.05) is 47.6 Å². The minimum Gasteiger partial charge on any atom is -0.456 e. The van der Waals surface area contributed by atoms with Gasteiger partial charge in [0.2, 0.25) is 0 Å². The number of para-hydroxylation sites is 1. The Labute approximate surface area is 279 Å². The van der Waals surface area contributed by atoms with E-state index < -0.39 is 0 Å². The zero-order valence-electron chi connectivity index (χ0n) is 25.6. The van der Waals surface area contributed by atoms with Crippen molar-refractivity contribution in [1.82, 2.24) is 15.0 Å². The highest BCUT2D eigenvalue weighted by Crippen LogP contribution is 2.44. The van der Waals surface area contributed by atoms with Crippen LogP contribution in [0.5, 0.6) is 0 Å². The van der Waals surface area contributed by atoms with Crippen molar-refractivity contribution in [3.63, 3.8) is 0 Å². The molecule has 0 unspecified atom stereocenters. The van der Waals surface area contributed by atoms with Crippen molar-refractivity contribution in [3.05, 3.63) is 152 Å². The van der Waals surface area contributed by atoms with Gasteiger partial charge in [0.25, 0.3) is 0 Å². The number of furan rings is 1. The fourth-order valence-corrected chi connectivity index (χ4v) is 8.17. The molecule has 0 aliphatic carbocycles. The fraction of sp³-hybridized carbons (Fsp3) is 0. The molecule has 0 N–H and O–H groups in total. The van der Waals surface area contributed by atoms with Crippen LogP contribution in [0.25, 0.3) is 98.2 Å². The lowest BCUT2D eigenvalue weighted by Gasteiger charge is -2.12. The Bertz CT molecular complexity index is 2840. The third-order valence-corrected chi connectivity index (χ3v) is 10.3. The largest absolute Gasteiger partial charge is 0.456 e. The number of fused-ring (bicyclic) bond motifs is 8. The van der Waals surface area contributed by atoms with Crippen molar-refractivity contribution >= 4 is 64.2 Å². The number of benzene rings is 7. The summed E-state index contributed by atoms with van der Waals surface area (Å²) in [5, 5.41) is 6.89. The van der Waals surface area contributed by atoms with Crippen LogP contribution in [0.3, 0.4) is 0 Å². The molecule has 3 aromatic heterocycles. The predicted octanol–water partition coefficient (Wildman–Crippen LogP) is 12.0. The average Bonchev–Trinajstić information content (AvgIpc) is 3.74. The molecule has 0 aliphatic heterocycles. The molecule has 0 aliphatic rings. The third-order valence-electron chi connectivity index (χ3n) is 9.12. The first-order chi connectivity index (χ1) is 23.8. The monoisotopic (exact) mass is 631 g/mol. The maximum Gasteiger partial charge on any atom is 0.164 e. The molecule has 10 aromatic rings. The number of thiophene rings is 1. The van der Waals surface area contributed by atoms with Gasteiger partial charge in [-0.1, -0.05) is 127 Å². The molecule has 0 amide bonds. The normalized spacial score (nSPS) is 11.8. The van der Waals surface area contributed by atoms with Crippen LogP contribution < -0.4 is 0 Å². The predicted molar refractivity (Wildman–Crippen MR) is 199 cm³/mol. The standard InChI is InChI=1S/C43H25N3OS/c1-3-12-26(13-4-1)29-24-34(38-31-18-9-10-20-35(31)47-36(38)25-29)43-45-41(28-15-5-2-6-16-28)44-42(46-43)33-19-11-21-37-39(33)32-23-22-27-14-7-8-17-30(27)40(32)48-37/h1-25H. The smallest absolute Gasteiger partial charge is 0.164 e. The van der Waals surface area contributed by atoms with Crippen molar-refractivity contribution in [2.45, 2.75) is 0 Å². The molecule has 3 heterocycles. The van der Waals surface area contributed by atoms with Gasteiger partial charge in [-0.15, -0.1) is 11.3 Å². The highest BCUT2D eigenvalue weighted by atomic mass is 32.1. The molecule has 4 nitrogen and oxygen atoms in total. The Morgan fingerprint density at radius 2 is 1.10 bits per heavy atom. The molecule has 0 saturated carbocycles. The summed E-state index contributed by atoms with van der Waals surface area (Å²) in [5.41, 5.74) is 6.60.